The number of carbonyl (C=O) groups is 1. The Balaban J connectivity index is 1.54. The molecule has 1 N–H and O–H groups in total. The van der Waals surface area contributed by atoms with E-state index in [1.54, 1.807) is 6.07 Å². The summed E-state index contributed by atoms with van der Waals surface area (Å²) >= 11 is 0. The van der Waals surface area contributed by atoms with Gasteiger partial charge >= 0.3 is 5.97 Å². The number of hydrogen-bond acceptors (Lipinski definition) is 5. The molecule has 0 bridgehead atoms. The number of ether oxygens (including phenoxy) is 3. The van der Waals surface area contributed by atoms with Gasteiger partial charge in [-0.1, -0.05) is 81.1 Å². The molecule has 0 fully saturated rings. The molecule has 0 unspecified atom stereocenters. The molecule has 0 saturated carbocycles. The molecule has 220 valence electrons. The maximum atomic E-state index is 11.4. The molecule has 4 aromatic carbocycles. The van der Waals surface area contributed by atoms with Gasteiger partial charge in [-0.15, -0.1) is 0 Å². The lowest BCUT2D eigenvalue weighted by molar-refractivity contribution is -0.142. The maximum Gasteiger partial charge on any atom is 0.343 e. The Morgan fingerprint density at radius 2 is 1.40 bits per heavy atom. The Kier molecular flexibility index (Phi) is 10.4. The first-order valence-corrected chi connectivity index (χ1v) is 14.2. The zero-order valence-electron chi connectivity index (χ0n) is 25.4. The average molecular weight is 575 g/mol. The van der Waals surface area contributed by atoms with E-state index in [9.17, 15) is 9.90 Å². The van der Waals surface area contributed by atoms with Crippen LogP contribution in [0.2, 0.25) is 0 Å². The first-order valence-electron chi connectivity index (χ1n) is 14.2. The van der Waals surface area contributed by atoms with Crippen molar-refractivity contribution in [1.82, 2.24) is 0 Å². The van der Waals surface area contributed by atoms with Crippen LogP contribution in [0.1, 0.15) is 59.7 Å². The lowest BCUT2D eigenvalue weighted by Gasteiger charge is -2.19. The van der Waals surface area contributed by atoms with Gasteiger partial charge in [0.25, 0.3) is 0 Å². The van der Waals surface area contributed by atoms with E-state index in [0.717, 1.165) is 39.0 Å². The summed E-state index contributed by atoms with van der Waals surface area (Å²) in [4.78, 5) is 11.4. The number of methoxy groups -OCH3 is 1. The fourth-order valence-corrected chi connectivity index (χ4v) is 4.41. The minimum absolute atomic E-state index is 0.0222. The second-order valence-corrected chi connectivity index (χ2v) is 11.2. The highest BCUT2D eigenvalue weighted by molar-refractivity contribution is 5.80. The SMILES string of the molecule is COC(=O)COc1ccc(OC/C=C(\c2ccc(C#Cc3ccc(CO)cc3)cc2)c2ccc(C(C)(C)C)cc2)cc1C. The standard InChI is InChI=1S/C38H38O5/c1-27-24-34(20-21-36(27)43-26-37(40)41-5)42-23-22-35(32-16-18-33(19-17-32)38(2,3)4)31-14-12-29(13-15-31)7-6-28-8-10-30(25-39)11-9-28/h8-22,24,39H,23,25-26H2,1-5H3/b35-22+. The molecule has 0 saturated heterocycles. The molecule has 0 amide bonds. The van der Waals surface area contributed by atoms with Crippen LogP contribution in [0.3, 0.4) is 0 Å². The molecule has 0 aromatic heterocycles. The summed E-state index contributed by atoms with van der Waals surface area (Å²) < 4.78 is 16.3. The topological polar surface area (TPSA) is 65.0 Å². The Hall–Kier alpha value is -4.79. The number of esters is 1. The minimum atomic E-state index is -0.429. The summed E-state index contributed by atoms with van der Waals surface area (Å²) in [5.41, 5.74) is 8.11. The highest BCUT2D eigenvalue weighted by Crippen LogP contribution is 2.29. The molecule has 0 aliphatic rings. The van der Waals surface area contributed by atoms with Gasteiger partial charge in [0.15, 0.2) is 6.61 Å². The number of carbonyl (C=O) groups excluding carboxylic acids is 1. The summed E-state index contributed by atoms with van der Waals surface area (Å²) in [6.45, 7) is 8.78. The summed E-state index contributed by atoms with van der Waals surface area (Å²) in [7, 11) is 1.33. The van der Waals surface area contributed by atoms with E-state index in [1.807, 2.05) is 55.5 Å². The van der Waals surface area contributed by atoms with E-state index in [-0.39, 0.29) is 18.6 Å². The second kappa shape index (κ2) is 14.4. The molecule has 4 rings (SSSR count). The summed E-state index contributed by atoms with van der Waals surface area (Å²) in [5.74, 6) is 7.31. The van der Waals surface area contributed by atoms with E-state index < -0.39 is 5.97 Å². The number of rotatable bonds is 9. The third-order valence-electron chi connectivity index (χ3n) is 7.00. The van der Waals surface area contributed by atoms with Gasteiger partial charge in [-0.3, -0.25) is 0 Å². The maximum absolute atomic E-state index is 11.4. The third-order valence-corrected chi connectivity index (χ3v) is 7.00. The van der Waals surface area contributed by atoms with Gasteiger partial charge in [0.05, 0.1) is 13.7 Å². The molecule has 0 aliphatic carbocycles. The molecule has 0 spiro atoms. The lowest BCUT2D eigenvalue weighted by atomic mass is 9.85. The van der Waals surface area contributed by atoms with Crippen LogP contribution in [-0.4, -0.2) is 31.4 Å². The van der Waals surface area contributed by atoms with Gasteiger partial charge in [-0.05, 0) is 94.3 Å². The quantitative estimate of drug-likeness (QED) is 0.169. The zero-order chi connectivity index (χ0) is 30.8. The molecule has 5 nitrogen and oxygen atoms in total. The van der Waals surface area contributed by atoms with Crippen LogP contribution >= 0.6 is 0 Å². The largest absolute Gasteiger partial charge is 0.489 e. The third kappa shape index (κ3) is 8.85. The van der Waals surface area contributed by atoms with E-state index in [1.165, 1.54) is 12.7 Å². The number of aliphatic hydroxyl groups is 1. The van der Waals surface area contributed by atoms with Gasteiger partial charge in [0.2, 0.25) is 0 Å². The molecule has 43 heavy (non-hydrogen) atoms. The monoisotopic (exact) mass is 574 g/mol. The van der Waals surface area contributed by atoms with Crippen molar-refractivity contribution < 1.29 is 24.1 Å². The predicted molar refractivity (Wildman–Crippen MR) is 171 cm³/mol. The Labute approximate surface area is 254 Å². The van der Waals surface area contributed by atoms with Crippen molar-refractivity contribution in [2.75, 3.05) is 20.3 Å². The molecule has 0 heterocycles. The predicted octanol–water partition coefficient (Wildman–Crippen LogP) is 7.25. The molecular formula is C38H38O5. The fourth-order valence-electron chi connectivity index (χ4n) is 4.41. The highest BCUT2D eigenvalue weighted by atomic mass is 16.6. The van der Waals surface area contributed by atoms with Crippen molar-refractivity contribution in [3.8, 4) is 23.3 Å². The lowest BCUT2D eigenvalue weighted by Crippen LogP contribution is -2.13. The highest BCUT2D eigenvalue weighted by Gasteiger charge is 2.14. The zero-order valence-corrected chi connectivity index (χ0v) is 25.4. The van der Waals surface area contributed by atoms with Crippen LogP contribution in [-0.2, 0) is 21.6 Å². The van der Waals surface area contributed by atoms with E-state index in [2.05, 4.69) is 79.8 Å². The van der Waals surface area contributed by atoms with Crippen LogP contribution < -0.4 is 9.47 Å². The summed E-state index contributed by atoms with van der Waals surface area (Å²) in [6, 6.07) is 30.0. The molecular weight excluding hydrogens is 536 g/mol. The average Bonchev–Trinajstić information content (AvgIpc) is 3.02. The first-order chi connectivity index (χ1) is 20.7. The summed E-state index contributed by atoms with van der Waals surface area (Å²) in [6.07, 6.45) is 2.09. The van der Waals surface area contributed by atoms with Gasteiger partial charge in [0.1, 0.15) is 18.1 Å². The molecule has 0 radical (unpaired) electrons. The Morgan fingerprint density at radius 1 is 0.814 bits per heavy atom. The van der Waals surface area contributed by atoms with Crippen LogP contribution in [0.4, 0.5) is 0 Å². The van der Waals surface area contributed by atoms with Gasteiger partial charge < -0.3 is 19.3 Å². The number of aryl methyl sites for hydroxylation is 1. The van der Waals surface area contributed by atoms with Crippen LogP contribution in [0.5, 0.6) is 11.5 Å². The van der Waals surface area contributed by atoms with Crippen LogP contribution in [0, 0.1) is 18.8 Å². The Bertz CT molecular complexity index is 1610. The van der Waals surface area contributed by atoms with Crippen molar-refractivity contribution in [2.45, 2.75) is 39.7 Å². The van der Waals surface area contributed by atoms with Crippen molar-refractivity contribution in [1.29, 1.82) is 0 Å². The van der Waals surface area contributed by atoms with E-state index in [4.69, 9.17) is 9.47 Å². The smallest absolute Gasteiger partial charge is 0.343 e. The normalized spacial score (nSPS) is 11.3. The summed E-state index contributed by atoms with van der Waals surface area (Å²) in [5, 5.41) is 9.25. The van der Waals surface area contributed by atoms with Crippen molar-refractivity contribution in [2.24, 2.45) is 0 Å². The van der Waals surface area contributed by atoms with Crippen molar-refractivity contribution in [3.63, 3.8) is 0 Å². The second-order valence-electron chi connectivity index (χ2n) is 11.2. The van der Waals surface area contributed by atoms with E-state index in [0.29, 0.717) is 18.1 Å². The van der Waals surface area contributed by atoms with Crippen molar-refractivity contribution >= 4 is 11.5 Å². The molecule has 0 aliphatic heterocycles. The fraction of sp³-hybridized carbons (Fsp3) is 0.237. The number of benzene rings is 4. The Morgan fingerprint density at radius 3 is 1.93 bits per heavy atom. The minimum Gasteiger partial charge on any atom is -0.489 e. The van der Waals surface area contributed by atoms with Crippen molar-refractivity contribution in [3.05, 3.63) is 136 Å². The number of aliphatic hydroxyl groups excluding tert-OH is 1. The van der Waals surface area contributed by atoms with Crippen LogP contribution in [0.15, 0.2) is 97.1 Å². The van der Waals surface area contributed by atoms with Crippen LogP contribution in [0.25, 0.3) is 5.57 Å². The van der Waals surface area contributed by atoms with Gasteiger partial charge in [-0.2, -0.15) is 0 Å². The van der Waals surface area contributed by atoms with Gasteiger partial charge in [0, 0.05) is 11.1 Å². The molecule has 0 atom stereocenters. The van der Waals surface area contributed by atoms with Gasteiger partial charge in [-0.25, -0.2) is 4.79 Å². The first kappa shape index (κ1) is 31.2. The molecule has 5 heteroatoms. The number of hydrogen-bond donors (Lipinski definition) is 1. The molecule has 4 aromatic rings. The van der Waals surface area contributed by atoms with E-state index >= 15 is 0 Å².